The number of aromatic nitrogens is 2. The van der Waals surface area contributed by atoms with E-state index in [0.717, 1.165) is 0 Å². The number of imidazole rings is 1. The van der Waals surface area contributed by atoms with Crippen LogP contribution in [0, 0.1) is 0 Å². The third-order valence-electron chi connectivity index (χ3n) is 1.33. The molecule has 0 aliphatic heterocycles. The van der Waals surface area contributed by atoms with Gasteiger partial charge in [-0.1, -0.05) is 0 Å². The summed E-state index contributed by atoms with van der Waals surface area (Å²) in [6.07, 6.45) is 1.55. The van der Waals surface area contributed by atoms with Crippen molar-refractivity contribution in [1.29, 1.82) is 0 Å². The van der Waals surface area contributed by atoms with Crippen LogP contribution in [0.1, 0.15) is 17.4 Å². The molecular formula is C7H9BrN2O2. The molecule has 0 atom stereocenters. The predicted octanol–water partition coefficient (Wildman–Crippen LogP) is 1.36. The first kappa shape index (κ1) is 9.25. The molecule has 0 spiro atoms. The van der Waals surface area contributed by atoms with Crippen molar-refractivity contribution in [2.45, 2.75) is 6.92 Å². The maximum atomic E-state index is 11.2. The van der Waals surface area contributed by atoms with Crippen molar-refractivity contribution >= 4 is 21.9 Å². The van der Waals surface area contributed by atoms with Crippen LogP contribution < -0.4 is 0 Å². The highest BCUT2D eigenvalue weighted by atomic mass is 79.9. The van der Waals surface area contributed by atoms with Gasteiger partial charge in [0.15, 0.2) is 5.69 Å². The Morgan fingerprint density at radius 1 is 1.83 bits per heavy atom. The Morgan fingerprint density at radius 3 is 2.92 bits per heavy atom. The lowest BCUT2D eigenvalue weighted by atomic mass is 10.5. The Hall–Kier alpha value is -0.840. The number of nitrogens with zero attached hydrogens (tertiary/aromatic N) is 2. The molecule has 1 aromatic heterocycles. The number of halogens is 1. The summed E-state index contributed by atoms with van der Waals surface area (Å²) >= 11 is 3.22. The molecular weight excluding hydrogens is 224 g/mol. The molecule has 0 aliphatic carbocycles. The Labute approximate surface area is 78.7 Å². The van der Waals surface area contributed by atoms with E-state index in [1.807, 2.05) is 0 Å². The van der Waals surface area contributed by atoms with Crippen molar-refractivity contribution in [3.8, 4) is 0 Å². The van der Waals surface area contributed by atoms with Crippen LogP contribution in [0.3, 0.4) is 0 Å². The Bertz CT molecular complexity index is 296. The Kier molecular flexibility index (Phi) is 2.86. The molecule has 0 unspecified atom stereocenters. The lowest BCUT2D eigenvalue weighted by Gasteiger charge is -1.98. The fourth-order valence-electron chi connectivity index (χ4n) is 0.752. The lowest BCUT2D eigenvalue weighted by molar-refractivity contribution is 0.0519. The van der Waals surface area contributed by atoms with Gasteiger partial charge in [0, 0.05) is 7.05 Å². The standard InChI is InChI=1S/C7H9BrN2O2/c1-3-12-7(11)5-6(8)10(2)4-9-5/h4H,3H2,1-2H3. The number of hydrogen-bond acceptors (Lipinski definition) is 3. The first-order valence-electron chi connectivity index (χ1n) is 3.50. The second-order valence-electron chi connectivity index (χ2n) is 2.22. The van der Waals surface area contributed by atoms with Crippen LogP contribution in [0.5, 0.6) is 0 Å². The second kappa shape index (κ2) is 3.71. The Balaban J connectivity index is 2.88. The van der Waals surface area contributed by atoms with Gasteiger partial charge < -0.3 is 9.30 Å². The van der Waals surface area contributed by atoms with Gasteiger partial charge in [-0.25, -0.2) is 9.78 Å². The van der Waals surface area contributed by atoms with E-state index in [2.05, 4.69) is 20.9 Å². The molecule has 12 heavy (non-hydrogen) atoms. The maximum Gasteiger partial charge on any atom is 0.359 e. The molecule has 0 aromatic carbocycles. The van der Waals surface area contributed by atoms with Gasteiger partial charge in [0.05, 0.1) is 12.9 Å². The van der Waals surface area contributed by atoms with E-state index < -0.39 is 5.97 Å². The van der Waals surface area contributed by atoms with E-state index in [0.29, 0.717) is 16.9 Å². The second-order valence-corrected chi connectivity index (χ2v) is 2.97. The third-order valence-corrected chi connectivity index (χ3v) is 2.27. The largest absolute Gasteiger partial charge is 0.461 e. The quantitative estimate of drug-likeness (QED) is 0.724. The summed E-state index contributed by atoms with van der Waals surface area (Å²) in [4.78, 5) is 15.0. The first-order chi connectivity index (χ1) is 5.66. The summed E-state index contributed by atoms with van der Waals surface area (Å²) in [6, 6.07) is 0. The van der Waals surface area contributed by atoms with Crippen molar-refractivity contribution < 1.29 is 9.53 Å². The molecule has 0 N–H and O–H groups in total. The number of carbonyl (C=O) groups is 1. The molecule has 5 heteroatoms. The fourth-order valence-corrected chi connectivity index (χ4v) is 1.11. The maximum absolute atomic E-state index is 11.2. The zero-order valence-electron chi connectivity index (χ0n) is 6.87. The third kappa shape index (κ3) is 1.66. The normalized spacial score (nSPS) is 9.92. The summed E-state index contributed by atoms with van der Waals surface area (Å²) in [6.45, 7) is 2.12. The summed E-state index contributed by atoms with van der Waals surface area (Å²) < 4.78 is 7.12. The monoisotopic (exact) mass is 232 g/mol. The van der Waals surface area contributed by atoms with Gasteiger partial charge in [0.25, 0.3) is 0 Å². The van der Waals surface area contributed by atoms with E-state index in [-0.39, 0.29) is 0 Å². The molecule has 1 rings (SSSR count). The van der Waals surface area contributed by atoms with E-state index in [9.17, 15) is 4.79 Å². The highest BCUT2D eigenvalue weighted by Crippen LogP contribution is 2.14. The van der Waals surface area contributed by atoms with Gasteiger partial charge in [0.1, 0.15) is 4.60 Å². The van der Waals surface area contributed by atoms with Crippen LogP contribution in [-0.2, 0) is 11.8 Å². The summed E-state index contributed by atoms with van der Waals surface area (Å²) in [7, 11) is 1.79. The Morgan fingerprint density at radius 2 is 2.50 bits per heavy atom. The van der Waals surface area contributed by atoms with Crippen LogP contribution in [0.15, 0.2) is 10.9 Å². The van der Waals surface area contributed by atoms with E-state index in [4.69, 9.17) is 4.74 Å². The van der Waals surface area contributed by atoms with Gasteiger partial charge in [-0.3, -0.25) is 0 Å². The molecule has 66 valence electrons. The zero-order chi connectivity index (χ0) is 9.14. The number of aryl methyl sites for hydroxylation is 1. The molecule has 0 fully saturated rings. The lowest BCUT2D eigenvalue weighted by Crippen LogP contribution is -2.05. The van der Waals surface area contributed by atoms with E-state index >= 15 is 0 Å². The predicted molar refractivity (Wildman–Crippen MR) is 46.9 cm³/mol. The average molecular weight is 233 g/mol. The van der Waals surface area contributed by atoms with Crippen LogP contribution in [0.4, 0.5) is 0 Å². The SMILES string of the molecule is CCOC(=O)c1ncn(C)c1Br. The summed E-state index contributed by atoms with van der Waals surface area (Å²) in [5.41, 5.74) is 0.319. The van der Waals surface area contributed by atoms with Crippen LogP contribution in [0.2, 0.25) is 0 Å². The van der Waals surface area contributed by atoms with Crippen molar-refractivity contribution in [1.82, 2.24) is 9.55 Å². The number of rotatable bonds is 2. The smallest absolute Gasteiger partial charge is 0.359 e. The average Bonchev–Trinajstić information content (AvgIpc) is 2.34. The van der Waals surface area contributed by atoms with Gasteiger partial charge in [-0.15, -0.1) is 0 Å². The van der Waals surface area contributed by atoms with Crippen LogP contribution in [-0.4, -0.2) is 22.1 Å². The zero-order valence-corrected chi connectivity index (χ0v) is 8.46. The van der Waals surface area contributed by atoms with E-state index in [1.165, 1.54) is 0 Å². The summed E-state index contributed by atoms with van der Waals surface area (Å²) in [5.74, 6) is -0.398. The molecule has 0 saturated heterocycles. The highest BCUT2D eigenvalue weighted by Gasteiger charge is 2.14. The first-order valence-corrected chi connectivity index (χ1v) is 4.30. The molecule has 0 bridgehead atoms. The molecule has 0 radical (unpaired) electrons. The van der Waals surface area contributed by atoms with Gasteiger partial charge >= 0.3 is 5.97 Å². The molecule has 4 nitrogen and oxygen atoms in total. The van der Waals surface area contributed by atoms with Crippen molar-refractivity contribution in [3.63, 3.8) is 0 Å². The molecule has 0 amide bonds. The molecule has 0 aliphatic rings. The van der Waals surface area contributed by atoms with Gasteiger partial charge in [-0.2, -0.15) is 0 Å². The fraction of sp³-hybridized carbons (Fsp3) is 0.429. The molecule has 0 saturated carbocycles. The van der Waals surface area contributed by atoms with Crippen LogP contribution in [0.25, 0.3) is 0 Å². The van der Waals surface area contributed by atoms with Crippen molar-refractivity contribution in [2.75, 3.05) is 6.61 Å². The van der Waals surface area contributed by atoms with Crippen molar-refractivity contribution in [2.24, 2.45) is 7.05 Å². The van der Waals surface area contributed by atoms with Gasteiger partial charge in [0.2, 0.25) is 0 Å². The minimum Gasteiger partial charge on any atom is -0.461 e. The van der Waals surface area contributed by atoms with Crippen molar-refractivity contribution in [3.05, 3.63) is 16.6 Å². The molecule has 1 aromatic rings. The van der Waals surface area contributed by atoms with E-state index in [1.54, 1.807) is 24.9 Å². The number of hydrogen-bond donors (Lipinski definition) is 0. The number of carbonyl (C=O) groups excluding carboxylic acids is 1. The highest BCUT2D eigenvalue weighted by molar-refractivity contribution is 9.10. The minimum absolute atomic E-state index is 0.319. The number of esters is 1. The summed E-state index contributed by atoms with van der Waals surface area (Å²) in [5, 5.41) is 0. The van der Waals surface area contributed by atoms with Crippen LogP contribution >= 0.6 is 15.9 Å². The minimum atomic E-state index is -0.398. The van der Waals surface area contributed by atoms with Gasteiger partial charge in [-0.05, 0) is 22.9 Å². The number of ether oxygens (including phenoxy) is 1. The topological polar surface area (TPSA) is 44.1 Å². The molecule has 1 heterocycles.